The molecule has 0 saturated heterocycles. The summed E-state index contributed by atoms with van der Waals surface area (Å²) in [7, 11) is 1.58. The first-order valence-electron chi connectivity index (χ1n) is 6.06. The molecule has 19 heavy (non-hydrogen) atoms. The van der Waals surface area contributed by atoms with E-state index in [1.807, 2.05) is 25.1 Å². The van der Waals surface area contributed by atoms with Crippen LogP contribution in [0.2, 0.25) is 0 Å². The van der Waals surface area contributed by atoms with Crippen LogP contribution >= 0.6 is 0 Å². The number of carbonyl (C=O) groups is 1. The first kappa shape index (κ1) is 13.1. The summed E-state index contributed by atoms with van der Waals surface area (Å²) in [6.07, 6.45) is 1.71. The van der Waals surface area contributed by atoms with Crippen molar-refractivity contribution in [3.8, 4) is 5.75 Å². The van der Waals surface area contributed by atoms with Crippen LogP contribution in [0.15, 0.2) is 48.7 Å². The van der Waals surface area contributed by atoms with Crippen LogP contribution in [0.25, 0.3) is 0 Å². The average molecular weight is 256 g/mol. The SMILES string of the molecule is COc1cccc(C(=O)NC(C)c2ccccn2)c1. The molecule has 1 atom stereocenters. The first-order valence-corrected chi connectivity index (χ1v) is 6.06. The molecule has 0 fully saturated rings. The lowest BCUT2D eigenvalue weighted by Crippen LogP contribution is -2.27. The largest absolute Gasteiger partial charge is 0.497 e. The molecule has 1 N–H and O–H groups in total. The zero-order chi connectivity index (χ0) is 13.7. The van der Waals surface area contributed by atoms with Gasteiger partial charge in [-0.3, -0.25) is 9.78 Å². The van der Waals surface area contributed by atoms with Gasteiger partial charge in [0.2, 0.25) is 0 Å². The number of hydrogen-bond acceptors (Lipinski definition) is 3. The standard InChI is InChI=1S/C15H16N2O2/c1-11(14-8-3-4-9-16-14)17-15(18)12-6-5-7-13(10-12)19-2/h3-11H,1-2H3,(H,17,18). The predicted molar refractivity (Wildman–Crippen MR) is 73.1 cm³/mol. The van der Waals surface area contributed by atoms with Crippen molar-refractivity contribution < 1.29 is 9.53 Å². The summed E-state index contributed by atoms with van der Waals surface area (Å²) >= 11 is 0. The third-order valence-electron chi connectivity index (χ3n) is 2.81. The summed E-state index contributed by atoms with van der Waals surface area (Å²) in [5.41, 5.74) is 1.40. The fourth-order valence-corrected chi connectivity index (χ4v) is 1.75. The smallest absolute Gasteiger partial charge is 0.251 e. The molecule has 1 unspecified atom stereocenters. The van der Waals surface area contributed by atoms with Crippen molar-refractivity contribution in [1.82, 2.24) is 10.3 Å². The van der Waals surface area contributed by atoms with Crippen molar-refractivity contribution in [2.75, 3.05) is 7.11 Å². The Hall–Kier alpha value is -2.36. The van der Waals surface area contributed by atoms with Crippen molar-refractivity contribution >= 4 is 5.91 Å². The molecule has 0 bridgehead atoms. The number of hydrogen-bond donors (Lipinski definition) is 1. The molecule has 1 aromatic heterocycles. The van der Waals surface area contributed by atoms with Crippen molar-refractivity contribution in [3.05, 3.63) is 59.9 Å². The highest BCUT2D eigenvalue weighted by Gasteiger charge is 2.12. The molecule has 4 nitrogen and oxygen atoms in total. The molecule has 4 heteroatoms. The molecule has 0 aliphatic rings. The van der Waals surface area contributed by atoms with Crippen molar-refractivity contribution in [2.45, 2.75) is 13.0 Å². The van der Waals surface area contributed by atoms with Crippen LogP contribution < -0.4 is 10.1 Å². The Morgan fingerprint density at radius 1 is 1.26 bits per heavy atom. The Kier molecular flexibility index (Phi) is 4.13. The Balaban J connectivity index is 2.08. The van der Waals surface area contributed by atoms with E-state index >= 15 is 0 Å². The highest BCUT2D eigenvalue weighted by atomic mass is 16.5. The zero-order valence-electron chi connectivity index (χ0n) is 11.0. The van der Waals surface area contributed by atoms with E-state index in [2.05, 4.69) is 10.3 Å². The molecule has 1 aromatic carbocycles. The highest BCUT2D eigenvalue weighted by Crippen LogP contribution is 2.14. The fraction of sp³-hybridized carbons (Fsp3) is 0.200. The van der Waals surface area contributed by atoms with Crippen LogP contribution in [-0.2, 0) is 0 Å². The van der Waals surface area contributed by atoms with E-state index in [0.717, 1.165) is 5.69 Å². The Bertz CT molecular complexity index is 555. The molecular formula is C15H16N2O2. The van der Waals surface area contributed by atoms with E-state index < -0.39 is 0 Å². The summed E-state index contributed by atoms with van der Waals surface area (Å²) in [6.45, 7) is 1.90. The minimum Gasteiger partial charge on any atom is -0.497 e. The maximum Gasteiger partial charge on any atom is 0.251 e. The molecule has 0 saturated carbocycles. The number of nitrogens with zero attached hydrogens (tertiary/aromatic N) is 1. The fourth-order valence-electron chi connectivity index (χ4n) is 1.75. The second kappa shape index (κ2) is 6.00. The molecule has 0 aliphatic heterocycles. The summed E-state index contributed by atoms with van der Waals surface area (Å²) in [6, 6.07) is 12.6. The molecule has 0 aliphatic carbocycles. The second-order valence-corrected chi connectivity index (χ2v) is 4.18. The molecule has 1 heterocycles. The molecule has 2 rings (SSSR count). The normalized spacial score (nSPS) is 11.7. The third-order valence-corrected chi connectivity index (χ3v) is 2.81. The van der Waals surface area contributed by atoms with Crippen molar-refractivity contribution in [2.24, 2.45) is 0 Å². The number of pyridine rings is 1. The van der Waals surface area contributed by atoms with Crippen molar-refractivity contribution in [1.29, 1.82) is 0 Å². The zero-order valence-corrected chi connectivity index (χ0v) is 11.0. The van der Waals surface area contributed by atoms with Gasteiger partial charge in [0.1, 0.15) is 5.75 Å². The molecule has 98 valence electrons. The van der Waals surface area contributed by atoms with Gasteiger partial charge in [-0.05, 0) is 37.3 Å². The maximum absolute atomic E-state index is 12.1. The lowest BCUT2D eigenvalue weighted by molar-refractivity contribution is 0.0939. The van der Waals surface area contributed by atoms with Gasteiger partial charge in [-0.2, -0.15) is 0 Å². The Morgan fingerprint density at radius 2 is 2.11 bits per heavy atom. The van der Waals surface area contributed by atoms with Crippen LogP contribution in [-0.4, -0.2) is 18.0 Å². The van der Waals surface area contributed by atoms with Gasteiger partial charge >= 0.3 is 0 Å². The van der Waals surface area contributed by atoms with E-state index in [0.29, 0.717) is 11.3 Å². The number of benzene rings is 1. The minimum absolute atomic E-state index is 0.139. The van der Waals surface area contributed by atoms with Crippen LogP contribution in [0, 0.1) is 0 Å². The third kappa shape index (κ3) is 3.31. The van der Waals surface area contributed by atoms with E-state index in [4.69, 9.17) is 4.74 Å². The highest BCUT2D eigenvalue weighted by molar-refractivity contribution is 5.94. The topological polar surface area (TPSA) is 51.2 Å². The van der Waals surface area contributed by atoms with Crippen LogP contribution in [0.3, 0.4) is 0 Å². The Labute approximate surface area is 112 Å². The number of aromatic nitrogens is 1. The van der Waals surface area contributed by atoms with Crippen molar-refractivity contribution in [3.63, 3.8) is 0 Å². The van der Waals surface area contributed by atoms with Gasteiger partial charge in [0, 0.05) is 11.8 Å². The Morgan fingerprint density at radius 3 is 2.79 bits per heavy atom. The van der Waals surface area contributed by atoms with Crippen LogP contribution in [0.1, 0.15) is 29.0 Å². The quantitative estimate of drug-likeness (QED) is 0.914. The van der Waals surface area contributed by atoms with E-state index in [1.54, 1.807) is 37.6 Å². The molecule has 2 aromatic rings. The lowest BCUT2D eigenvalue weighted by atomic mass is 10.1. The number of nitrogens with one attached hydrogen (secondary N) is 1. The van der Waals surface area contributed by atoms with Gasteiger partial charge in [0.15, 0.2) is 0 Å². The number of methoxy groups -OCH3 is 1. The van der Waals surface area contributed by atoms with Gasteiger partial charge in [-0.15, -0.1) is 0 Å². The first-order chi connectivity index (χ1) is 9.20. The monoisotopic (exact) mass is 256 g/mol. The number of ether oxygens (including phenoxy) is 1. The van der Waals surface area contributed by atoms with E-state index in [1.165, 1.54) is 0 Å². The second-order valence-electron chi connectivity index (χ2n) is 4.18. The summed E-state index contributed by atoms with van der Waals surface area (Å²) in [4.78, 5) is 16.3. The molecule has 1 amide bonds. The van der Waals surface area contributed by atoms with Crippen LogP contribution in [0.4, 0.5) is 0 Å². The van der Waals surface area contributed by atoms with Gasteiger partial charge in [0.25, 0.3) is 5.91 Å². The van der Waals surface area contributed by atoms with E-state index in [9.17, 15) is 4.79 Å². The molecule has 0 spiro atoms. The van der Waals surface area contributed by atoms with Gasteiger partial charge in [-0.25, -0.2) is 0 Å². The maximum atomic E-state index is 12.1. The van der Waals surface area contributed by atoms with Gasteiger partial charge < -0.3 is 10.1 Å². The predicted octanol–water partition coefficient (Wildman–Crippen LogP) is 2.58. The summed E-state index contributed by atoms with van der Waals surface area (Å²) < 4.78 is 5.10. The number of amides is 1. The number of carbonyl (C=O) groups excluding carboxylic acids is 1. The molecule has 0 radical (unpaired) electrons. The number of rotatable bonds is 4. The van der Waals surface area contributed by atoms with Gasteiger partial charge in [-0.1, -0.05) is 12.1 Å². The molecular weight excluding hydrogens is 240 g/mol. The lowest BCUT2D eigenvalue weighted by Gasteiger charge is -2.13. The van der Waals surface area contributed by atoms with E-state index in [-0.39, 0.29) is 11.9 Å². The average Bonchev–Trinajstić information content (AvgIpc) is 2.48. The van der Waals surface area contributed by atoms with Crippen LogP contribution in [0.5, 0.6) is 5.75 Å². The minimum atomic E-state index is -0.142. The van der Waals surface area contributed by atoms with Gasteiger partial charge in [0.05, 0.1) is 18.8 Å². The summed E-state index contributed by atoms with van der Waals surface area (Å²) in [5, 5.41) is 2.91. The summed E-state index contributed by atoms with van der Waals surface area (Å²) in [5.74, 6) is 0.523.